The van der Waals surface area contributed by atoms with Crippen molar-refractivity contribution in [2.45, 2.75) is 0 Å². The number of non-ortho nitro benzene ring substituents is 1. The lowest BCUT2D eigenvalue weighted by Gasteiger charge is -2.28. The van der Waals surface area contributed by atoms with E-state index in [0.29, 0.717) is 11.4 Å². The van der Waals surface area contributed by atoms with E-state index in [1.54, 1.807) is 24.3 Å². The summed E-state index contributed by atoms with van der Waals surface area (Å²) in [5.74, 6) is -0.330. The number of amides is 1. The van der Waals surface area contributed by atoms with Crippen LogP contribution in [0.2, 0.25) is 0 Å². The van der Waals surface area contributed by atoms with Crippen molar-refractivity contribution in [3.05, 3.63) is 58.6 Å². The Kier molecular flexibility index (Phi) is 4.11. The van der Waals surface area contributed by atoms with Gasteiger partial charge in [-0.1, -0.05) is 12.1 Å². The monoisotopic (exact) mass is 328 g/mol. The summed E-state index contributed by atoms with van der Waals surface area (Å²) in [6, 6.07) is 12.0. The molecule has 2 aromatic carbocycles. The number of carbonyl (C=O) groups is 2. The van der Waals surface area contributed by atoms with E-state index in [1.165, 1.54) is 29.2 Å². The molecular weight excluding hydrogens is 316 g/mol. The zero-order valence-corrected chi connectivity index (χ0v) is 12.4. The third-order valence-corrected chi connectivity index (χ3v) is 3.37. The van der Waals surface area contributed by atoms with Crippen LogP contribution in [0.1, 0.15) is 0 Å². The Morgan fingerprint density at radius 3 is 2.62 bits per heavy atom. The van der Waals surface area contributed by atoms with Gasteiger partial charge in [-0.25, -0.2) is 4.79 Å². The predicted molar refractivity (Wildman–Crippen MR) is 83.0 cm³/mol. The van der Waals surface area contributed by atoms with Crippen molar-refractivity contribution < 1.29 is 24.0 Å². The Balaban J connectivity index is 1.70. The molecule has 0 aromatic heterocycles. The van der Waals surface area contributed by atoms with Crippen molar-refractivity contribution in [3.63, 3.8) is 0 Å². The first-order valence-electron chi connectivity index (χ1n) is 7.02. The fourth-order valence-corrected chi connectivity index (χ4v) is 2.26. The summed E-state index contributed by atoms with van der Waals surface area (Å²) < 4.78 is 10.4. The lowest BCUT2D eigenvalue weighted by Crippen LogP contribution is -2.43. The number of nitro benzene ring substituents is 1. The second-order valence-electron chi connectivity index (χ2n) is 4.96. The number of benzene rings is 2. The Hall–Kier alpha value is -3.42. The van der Waals surface area contributed by atoms with Gasteiger partial charge in [0.15, 0.2) is 6.61 Å². The van der Waals surface area contributed by atoms with E-state index < -0.39 is 10.9 Å². The van der Waals surface area contributed by atoms with Crippen molar-refractivity contribution >= 4 is 23.3 Å². The first kappa shape index (κ1) is 15.5. The largest absolute Gasteiger partial charge is 0.482 e. The summed E-state index contributed by atoms with van der Waals surface area (Å²) in [6.45, 7) is -0.433. The molecule has 2 aromatic rings. The van der Waals surface area contributed by atoms with Gasteiger partial charge in [0, 0.05) is 12.1 Å². The summed E-state index contributed by atoms with van der Waals surface area (Å²) >= 11 is 0. The molecule has 0 radical (unpaired) electrons. The highest BCUT2D eigenvalue weighted by Crippen LogP contribution is 2.31. The Morgan fingerprint density at radius 1 is 1.21 bits per heavy atom. The van der Waals surface area contributed by atoms with Crippen LogP contribution in [0.3, 0.4) is 0 Å². The quantitative estimate of drug-likeness (QED) is 0.368. The number of hydrogen-bond donors (Lipinski definition) is 0. The third kappa shape index (κ3) is 3.17. The van der Waals surface area contributed by atoms with Crippen LogP contribution < -0.4 is 14.4 Å². The fourth-order valence-electron chi connectivity index (χ4n) is 2.26. The van der Waals surface area contributed by atoms with Gasteiger partial charge in [-0.15, -0.1) is 0 Å². The standard InChI is InChI=1S/C16H12N2O6/c19-15-10-23-14-4-2-1-3-13(14)17(15)9-16(20)24-12-7-5-11(6-8-12)18(21)22/h1-8H,9-10H2. The van der Waals surface area contributed by atoms with Gasteiger partial charge in [0.05, 0.1) is 10.6 Å². The normalized spacial score (nSPS) is 13.0. The average Bonchev–Trinajstić information content (AvgIpc) is 2.58. The smallest absolute Gasteiger partial charge is 0.331 e. The van der Waals surface area contributed by atoms with Gasteiger partial charge in [-0.05, 0) is 24.3 Å². The van der Waals surface area contributed by atoms with Crippen LogP contribution in [-0.4, -0.2) is 30.0 Å². The first-order valence-corrected chi connectivity index (χ1v) is 7.02. The highest BCUT2D eigenvalue weighted by Gasteiger charge is 2.27. The van der Waals surface area contributed by atoms with Gasteiger partial charge >= 0.3 is 5.97 Å². The Labute approximate surface area is 136 Å². The minimum absolute atomic E-state index is 0.105. The minimum atomic E-state index is -0.658. The number of para-hydroxylation sites is 2. The predicted octanol–water partition coefficient (Wildman–Crippen LogP) is 1.93. The van der Waals surface area contributed by atoms with Gasteiger partial charge in [-0.2, -0.15) is 0 Å². The highest BCUT2D eigenvalue weighted by molar-refractivity contribution is 6.01. The molecular formula is C16H12N2O6. The fraction of sp³-hybridized carbons (Fsp3) is 0.125. The van der Waals surface area contributed by atoms with Gasteiger partial charge in [-0.3, -0.25) is 19.8 Å². The van der Waals surface area contributed by atoms with Gasteiger partial charge < -0.3 is 9.47 Å². The molecule has 0 spiro atoms. The highest BCUT2D eigenvalue weighted by atomic mass is 16.6. The average molecular weight is 328 g/mol. The number of carbonyl (C=O) groups excluding carboxylic acids is 2. The summed E-state index contributed by atoms with van der Waals surface area (Å²) in [4.78, 5) is 35.4. The maximum absolute atomic E-state index is 12.1. The number of rotatable bonds is 4. The Morgan fingerprint density at radius 2 is 1.92 bits per heavy atom. The molecule has 3 rings (SSSR count). The van der Waals surface area contributed by atoms with Crippen molar-refractivity contribution in [3.8, 4) is 11.5 Å². The molecule has 8 nitrogen and oxygen atoms in total. The SMILES string of the molecule is O=C(CN1C(=O)COc2ccccc21)Oc1ccc([N+](=O)[O-])cc1. The van der Waals surface area contributed by atoms with Crippen molar-refractivity contribution in [2.24, 2.45) is 0 Å². The van der Waals surface area contributed by atoms with Gasteiger partial charge in [0.1, 0.15) is 18.0 Å². The van der Waals surface area contributed by atoms with Crippen molar-refractivity contribution in [1.82, 2.24) is 0 Å². The molecule has 1 heterocycles. The summed E-state index contributed by atoms with van der Waals surface area (Å²) in [5, 5.41) is 10.6. The van der Waals surface area contributed by atoms with Gasteiger partial charge in [0.25, 0.3) is 11.6 Å². The molecule has 8 heteroatoms. The van der Waals surface area contributed by atoms with Crippen LogP contribution in [0.4, 0.5) is 11.4 Å². The molecule has 1 aliphatic rings. The maximum atomic E-state index is 12.1. The molecule has 122 valence electrons. The van der Waals surface area contributed by atoms with Crippen LogP contribution in [0.15, 0.2) is 48.5 Å². The molecule has 1 amide bonds. The van der Waals surface area contributed by atoms with Crippen LogP contribution in [-0.2, 0) is 9.59 Å². The first-order chi connectivity index (χ1) is 11.5. The molecule has 0 saturated carbocycles. The molecule has 0 fully saturated rings. The zero-order chi connectivity index (χ0) is 17.1. The maximum Gasteiger partial charge on any atom is 0.331 e. The summed E-state index contributed by atoms with van der Waals surface area (Å²) in [6.07, 6.45) is 0. The lowest BCUT2D eigenvalue weighted by atomic mass is 10.2. The number of ether oxygens (including phenoxy) is 2. The number of esters is 1. The molecule has 24 heavy (non-hydrogen) atoms. The molecule has 1 aliphatic heterocycles. The van der Waals surface area contributed by atoms with Crippen LogP contribution in [0, 0.1) is 10.1 Å². The Bertz CT molecular complexity index is 802. The summed E-state index contributed by atoms with van der Waals surface area (Å²) in [5.41, 5.74) is 0.390. The zero-order valence-electron chi connectivity index (χ0n) is 12.4. The molecule has 0 N–H and O–H groups in total. The lowest BCUT2D eigenvalue weighted by molar-refractivity contribution is -0.384. The van der Waals surface area contributed by atoms with E-state index in [-0.39, 0.29) is 30.5 Å². The van der Waals surface area contributed by atoms with Crippen molar-refractivity contribution in [1.29, 1.82) is 0 Å². The van der Waals surface area contributed by atoms with Gasteiger partial charge in [0.2, 0.25) is 0 Å². The molecule has 0 atom stereocenters. The number of nitrogens with zero attached hydrogens (tertiary/aromatic N) is 2. The van der Waals surface area contributed by atoms with E-state index in [1.807, 2.05) is 0 Å². The van der Waals surface area contributed by atoms with E-state index in [9.17, 15) is 19.7 Å². The van der Waals surface area contributed by atoms with E-state index >= 15 is 0 Å². The van der Waals surface area contributed by atoms with Crippen LogP contribution >= 0.6 is 0 Å². The van der Waals surface area contributed by atoms with E-state index in [4.69, 9.17) is 9.47 Å². The second kappa shape index (κ2) is 6.37. The number of fused-ring (bicyclic) bond motifs is 1. The third-order valence-electron chi connectivity index (χ3n) is 3.37. The molecule has 0 bridgehead atoms. The molecule has 0 saturated heterocycles. The number of anilines is 1. The topological polar surface area (TPSA) is 99.0 Å². The van der Waals surface area contributed by atoms with E-state index in [2.05, 4.69) is 0 Å². The second-order valence-corrected chi connectivity index (χ2v) is 4.96. The van der Waals surface area contributed by atoms with Crippen molar-refractivity contribution in [2.75, 3.05) is 18.1 Å². The number of nitro groups is 1. The molecule has 0 aliphatic carbocycles. The molecule has 0 unspecified atom stereocenters. The number of hydrogen-bond acceptors (Lipinski definition) is 6. The van der Waals surface area contributed by atoms with Crippen LogP contribution in [0.5, 0.6) is 11.5 Å². The minimum Gasteiger partial charge on any atom is -0.482 e. The summed E-state index contributed by atoms with van der Waals surface area (Å²) in [7, 11) is 0. The van der Waals surface area contributed by atoms with E-state index in [0.717, 1.165) is 0 Å². The van der Waals surface area contributed by atoms with Crippen LogP contribution in [0.25, 0.3) is 0 Å².